The van der Waals surface area contributed by atoms with Gasteiger partial charge in [-0.3, -0.25) is 9.59 Å². The van der Waals surface area contributed by atoms with Gasteiger partial charge in [-0.05, 0) is 43.2 Å². The average Bonchev–Trinajstić information content (AvgIpc) is 3.51. The highest BCUT2D eigenvalue weighted by atomic mass is 16.6. The largest absolute Gasteiger partial charge is 0.462 e. The Hall–Kier alpha value is -4.44. The van der Waals surface area contributed by atoms with Crippen molar-refractivity contribution < 1.29 is 33.8 Å². The summed E-state index contributed by atoms with van der Waals surface area (Å²) in [5, 5.41) is 15.2. The molecule has 1 aliphatic rings. The van der Waals surface area contributed by atoms with Crippen molar-refractivity contribution in [1.29, 1.82) is 0 Å². The first-order valence-corrected chi connectivity index (χ1v) is 14.9. The molecule has 4 atom stereocenters. The number of rotatable bonds is 17. The topological polar surface area (TPSA) is 134 Å². The Balaban J connectivity index is 1.52. The van der Waals surface area contributed by atoms with Gasteiger partial charge in [-0.15, -0.1) is 13.2 Å². The highest BCUT2D eigenvalue weighted by molar-refractivity contribution is 5.86. The molecule has 3 N–H and O–H groups in total. The third-order valence-corrected chi connectivity index (χ3v) is 7.41. The van der Waals surface area contributed by atoms with Crippen LogP contribution in [-0.2, 0) is 36.9 Å². The summed E-state index contributed by atoms with van der Waals surface area (Å²) in [7, 11) is 0. The Morgan fingerprint density at radius 1 is 0.932 bits per heavy atom. The number of aliphatic hydroxyl groups is 1. The SMILES string of the molecule is C=CC[C@H](CC(=O)N[C@H](CO)Cc1ccccc1)C(=O)N1CCC[C@H]1COC(=O)[C@@H](CC=C)NC(=O)OCc1ccccc1. The predicted molar refractivity (Wildman–Crippen MR) is 166 cm³/mol. The summed E-state index contributed by atoms with van der Waals surface area (Å²) in [6, 6.07) is 16.9. The fraction of sp³-hybridized carbons (Fsp3) is 0.412. The second-order valence-corrected chi connectivity index (χ2v) is 10.8. The molecule has 1 aliphatic heterocycles. The molecular formula is C34H43N3O7. The van der Waals surface area contributed by atoms with Gasteiger partial charge in [-0.1, -0.05) is 72.8 Å². The number of esters is 1. The summed E-state index contributed by atoms with van der Waals surface area (Å²) in [5.74, 6) is -1.85. The average molecular weight is 606 g/mol. The Kier molecular flexibility index (Phi) is 14.1. The molecule has 1 saturated heterocycles. The van der Waals surface area contributed by atoms with Crippen LogP contribution in [0.5, 0.6) is 0 Å². The van der Waals surface area contributed by atoms with E-state index in [0.29, 0.717) is 25.8 Å². The van der Waals surface area contributed by atoms with Crippen LogP contribution < -0.4 is 10.6 Å². The Bertz CT molecular complexity index is 1240. The van der Waals surface area contributed by atoms with Crippen LogP contribution in [0.4, 0.5) is 4.79 Å². The molecule has 236 valence electrons. The molecule has 0 saturated carbocycles. The highest BCUT2D eigenvalue weighted by Crippen LogP contribution is 2.24. The zero-order chi connectivity index (χ0) is 31.7. The van der Waals surface area contributed by atoms with Crippen molar-refractivity contribution in [3.63, 3.8) is 0 Å². The molecule has 2 aromatic rings. The molecule has 3 amide bonds. The number of nitrogens with zero attached hydrogens (tertiary/aromatic N) is 1. The maximum atomic E-state index is 13.6. The Labute approximate surface area is 259 Å². The molecular weight excluding hydrogens is 562 g/mol. The lowest BCUT2D eigenvalue weighted by molar-refractivity contribution is -0.150. The van der Waals surface area contributed by atoms with E-state index in [9.17, 15) is 24.3 Å². The molecule has 10 nitrogen and oxygen atoms in total. The van der Waals surface area contributed by atoms with Crippen molar-refractivity contribution >= 4 is 23.9 Å². The highest BCUT2D eigenvalue weighted by Gasteiger charge is 2.35. The van der Waals surface area contributed by atoms with Crippen molar-refractivity contribution in [2.45, 2.75) is 63.3 Å². The number of hydrogen-bond donors (Lipinski definition) is 3. The van der Waals surface area contributed by atoms with E-state index in [4.69, 9.17) is 9.47 Å². The molecule has 44 heavy (non-hydrogen) atoms. The Morgan fingerprint density at radius 2 is 1.59 bits per heavy atom. The smallest absolute Gasteiger partial charge is 0.408 e. The predicted octanol–water partition coefficient (Wildman–Crippen LogP) is 3.69. The number of nitrogens with one attached hydrogen (secondary N) is 2. The standard InChI is InChI=1S/C34H43N3O7/c1-3-12-27(21-31(39)35-28(22-38)20-25-14-7-5-8-15-25)32(40)37-19-11-18-29(37)24-43-33(41)30(13-4-2)36-34(42)44-23-26-16-9-6-10-17-26/h3-10,14-17,27-30,38H,1-2,11-13,18-24H2,(H,35,39)(H,36,42)/t27-,28+,29+,30-/m1/s1. The number of carbonyl (C=O) groups excluding carboxylic acids is 4. The first-order chi connectivity index (χ1) is 21.3. The Morgan fingerprint density at radius 3 is 2.23 bits per heavy atom. The second-order valence-electron chi connectivity index (χ2n) is 10.8. The van der Waals surface area contributed by atoms with E-state index < -0.39 is 30.1 Å². The number of allylic oxidation sites excluding steroid dienone is 1. The van der Waals surface area contributed by atoms with Gasteiger partial charge in [0.1, 0.15) is 19.3 Å². The maximum absolute atomic E-state index is 13.6. The lowest BCUT2D eigenvalue weighted by Gasteiger charge is -2.29. The number of amides is 3. The quantitative estimate of drug-likeness (QED) is 0.185. The second kappa shape index (κ2) is 18.3. The summed E-state index contributed by atoms with van der Waals surface area (Å²) in [6.45, 7) is 7.66. The van der Waals surface area contributed by atoms with Crippen molar-refractivity contribution in [2.24, 2.45) is 5.92 Å². The van der Waals surface area contributed by atoms with Gasteiger partial charge in [0, 0.05) is 13.0 Å². The van der Waals surface area contributed by atoms with Crippen LogP contribution in [0.15, 0.2) is 86.0 Å². The molecule has 0 aromatic heterocycles. The molecule has 2 aromatic carbocycles. The summed E-state index contributed by atoms with van der Waals surface area (Å²) >= 11 is 0. The number of ether oxygens (including phenoxy) is 2. The zero-order valence-corrected chi connectivity index (χ0v) is 25.1. The van der Waals surface area contributed by atoms with Gasteiger partial charge in [0.2, 0.25) is 11.8 Å². The fourth-order valence-electron chi connectivity index (χ4n) is 5.14. The molecule has 0 bridgehead atoms. The van der Waals surface area contributed by atoms with E-state index in [1.54, 1.807) is 11.0 Å². The van der Waals surface area contributed by atoms with Crippen LogP contribution in [0.1, 0.15) is 43.2 Å². The first kappa shape index (κ1) is 34.1. The van der Waals surface area contributed by atoms with Crippen LogP contribution in [0, 0.1) is 5.92 Å². The summed E-state index contributed by atoms with van der Waals surface area (Å²) in [6.07, 6.45) is 4.56. The first-order valence-electron chi connectivity index (χ1n) is 14.9. The van der Waals surface area contributed by atoms with Gasteiger partial charge in [0.25, 0.3) is 0 Å². The summed E-state index contributed by atoms with van der Waals surface area (Å²) in [4.78, 5) is 53.3. The summed E-state index contributed by atoms with van der Waals surface area (Å²) < 4.78 is 10.8. The molecule has 0 aliphatic carbocycles. The molecule has 10 heteroatoms. The third-order valence-electron chi connectivity index (χ3n) is 7.41. The molecule has 1 heterocycles. The van der Waals surface area contributed by atoms with Crippen LogP contribution in [0.25, 0.3) is 0 Å². The lowest BCUT2D eigenvalue weighted by atomic mass is 9.98. The number of alkyl carbamates (subject to hydrolysis) is 1. The van der Waals surface area contributed by atoms with Crippen LogP contribution in [0.2, 0.25) is 0 Å². The van der Waals surface area contributed by atoms with Crippen LogP contribution in [0.3, 0.4) is 0 Å². The molecule has 0 radical (unpaired) electrons. The lowest BCUT2D eigenvalue weighted by Crippen LogP contribution is -2.46. The zero-order valence-electron chi connectivity index (χ0n) is 25.1. The van der Waals surface area contributed by atoms with Gasteiger partial charge in [0.15, 0.2) is 0 Å². The van der Waals surface area contributed by atoms with Crippen molar-refractivity contribution in [2.75, 3.05) is 19.8 Å². The van der Waals surface area contributed by atoms with Gasteiger partial charge in [0.05, 0.1) is 24.6 Å². The molecule has 1 fully saturated rings. The van der Waals surface area contributed by atoms with E-state index in [0.717, 1.165) is 17.5 Å². The minimum Gasteiger partial charge on any atom is -0.462 e. The van der Waals surface area contributed by atoms with E-state index in [1.807, 2.05) is 60.7 Å². The monoisotopic (exact) mass is 605 g/mol. The third kappa shape index (κ3) is 11.0. The summed E-state index contributed by atoms with van der Waals surface area (Å²) in [5.41, 5.74) is 1.79. The van der Waals surface area contributed by atoms with Crippen molar-refractivity contribution in [1.82, 2.24) is 15.5 Å². The van der Waals surface area contributed by atoms with Gasteiger partial charge >= 0.3 is 12.1 Å². The van der Waals surface area contributed by atoms with Crippen molar-refractivity contribution in [3.8, 4) is 0 Å². The minimum atomic E-state index is -0.992. The van der Waals surface area contributed by atoms with Crippen molar-refractivity contribution in [3.05, 3.63) is 97.1 Å². The minimum absolute atomic E-state index is 0.0460. The normalized spacial score (nSPS) is 16.2. The molecule has 0 unspecified atom stereocenters. The van der Waals surface area contributed by atoms with Gasteiger partial charge in [-0.2, -0.15) is 0 Å². The van der Waals surface area contributed by atoms with Crippen LogP contribution >= 0.6 is 0 Å². The van der Waals surface area contributed by atoms with E-state index in [2.05, 4.69) is 23.8 Å². The van der Waals surface area contributed by atoms with E-state index in [1.165, 1.54) is 6.08 Å². The number of benzene rings is 2. The number of carbonyl (C=O) groups is 4. The van der Waals surface area contributed by atoms with Gasteiger partial charge < -0.3 is 30.1 Å². The maximum Gasteiger partial charge on any atom is 0.408 e. The van der Waals surface area contributed by atoms with E-state index in [-0.39, 0.29) is 50.5 Å². The van der Waals surface area contributed by atoms with E-state index >= 15 is 0 Å². The molecule has 0 spiro atoms. The number of likely N-dealkylation sites (tertiary alicyclic amines) is 1. The fourth-order valence-corrected chi connectivity index (χ4v) is 5.14. The number of hydrogen-bond acceptors (Lipinski definition) is 7. The van der Waals surface area contributed by atoms with Crippen LogP contribution in [-0.4, -0.2) is 71.8 Å². The molecule has 3 rings (SSSR count). The van der Waals surface area contributed by atoms with Gasteiger partial charge in [-0.25, -0.2) is 9.59 Å². The number of aliphatic hydroxyl groups excluding tert-OH is 1.